The summed E-state index contributed by atoms with van der Waals surface area (Å²) < 4.78 is 42.5. The number of piperidine rings is 1. The van der Waals surface area contributed by atoms with Crippen molar-refractivity contribution in [2.75, 3.05) is 25.5 Å². The van der Waals surface area contributed by atoms with Gasteiger partial charge < -0.3 is 9.64 Å². The Morgan fingerprint density at radius 1 is 1.38 bits per heavy atom. The third kappa shape index (κ3) is 3.96. The molecule has 21 heavy (non-hydrogen) atoms. The SMILES string of the molecule is COc1cc(NC(=O)N2CCC(C(F)(F)F)CC2)ncn1. The van der Waals surface area contributed by atoms with Crippen LogP contribution in [-0.2, 0) is 0 Å². The van der Waals surface area contributed by atoms with Crippen molar-refractivity contribution < 1.29 is 22.7 Å². The number of nitrogens with zero attached hydrogens (tertiary/aromatic N) is 3. The molecule has 116 valence electrons. The Kier molecular flexibility index (Phi) is 4.49. The van der Waals surface area contributed by atoms with E-state index in [1.807, 2.05) is 0 Å². The number of amides is 2. The van der Waals surface area contributed by atoms with Gasteiger partial charge in [0.25, 0.3) is 0 Å². The lowest BCUT2D eigenvalue weighted by Gasteiger charge is -2.32. The van der Waals surface area contributed by atoms with Crippen molar-refractivity contribution in [3.63, 3.8) is 0 Å². The standard InChI is InChI=1S/C12H15F3N4O2/c1-21-10-6-9(16-7-17-10)18-11(20)19-4-2-8(3-5-19)12(13,14)15/h6-8H,2-5H2,1H3,(H,16,17,18,20). The molecule has 1 aromatic rings. The number of hydrogen-bond acceptors (Lipinski definition) is 4. The molecule has 1 saturated heterocycles. The molecule has 0 bridgehead atoms. The van der Waals surface area contributed by atoms with Gasteiger partial charge in [-0.15, -0.1) is 0 Å². The monoisotopic (exact) mass is 304 g/mol. The zero-order chi connectivity index (χ0) is 15.5. The molecule has 2 rings (SSSR count). The van der Waals surface area contributed by atoms with E-state index in [1.54, 1.807) is 0 Å². The first-order chi connectivity index (χ1) is 9.90. The third-order valence-electron chi connectivity index (χ3n) is 3.33. The summed E-state index contributed by atoms with van der Waals surface area (Å²) in [4.78, 5) is 20.9. The zero-order valence-electron chi connectivity index (χ0n) is 11.4. The number of alkyl halides is 3. The fourth-order valence-electron chi connectivity index (χ4n) is 2.12. The van der Waals surface area contributed by atoms with Gasteiger partial charge in [-0.2, -0.15) is 13.2 Å². The van der Waals surface area contributed by atoms with Gasteiger partial charge in [-0.3, -0.25) is 5.32 Å². The summed E-state index contributed by atoms with van der Waals surface area (Å²) in [7, 11) is 1.43. The molecule has 2 heterocycles. The molecular weight excluding hydrogens is 289 g/mol. The van der Waals surface area contributed by atoms with Crippen LogP contribution >= 0.6 is 0 Å². The molecule has 1 aliphatic heterocycles. The van der Waals surface area contributed by atoms with Gasteiger partial charge in [0.2, 0.25) is 5.88 Å². The van der Waals surface area contributed by atoms with E-state index >= 15 is 0 Å². The molecule has 1 aromatic heterocycles. The first-order valence-corrected chi connectivity index (χ1v) is 6.39. The molecule has 0 saturated carbocycles. The molecule has 0 unspecified atom stereocenters. The number of halogens is 3. The largest absolute Gasteiger partial charge is 0.481 e. The lowest BCUT2D eigenvalue weighted by Crippen LogP contribution is -2.44. The van der Waals surface area contributed by atoms with Crippen molar-refractivity contribution in [2.45, 2.75) is 19.0 Å². The minimum absolute atomic E-state index is 0.0677. The number of carbonyl (C=O) groups excluding carboxylic acids is 1. The summed E-state index contributed by atoms with van der Waals surface area (Å²) in [5, 5.41) is 2.51. The summed E-state index contributed by atoms with van der Waals surface area (Å²) in [5.74, 6) is -0.804. The van der Waals surface area contributed by atoms with Crippen molar-refractivity contribution in [1.29, 1.82) is 0 Å². The molecule has 9 heteroatoms. The molecule has 0 spiro atoms. The quantitative estimate of drug-likeness (QED) is 0.910. The van der Waals surface area contributed by atoms with Crippen molar-refractivity contribution in [3.05, 3.63) is 12.4 Å². The Morgan fingerprint density at radius 2 is 2.05 bits per heavy atom. The average Bonchev–Trinajstić information content (AvgIpc) is 2.46. The Balaban J connectivity index is 1.90. The molecule has 0 atom stereocenters. The van der Waals surface area contributed by atoms with Crippen LogP contribution in [0.2, 0.25) is 0 Å². The summed E-state index contributed by atoms with van der Waals surface area (Å²) in [6, 6.07) is 0.955. The molecule has 0 aliphatic carbocycles. The number of carbonyl (C=O) groups is 1. The molecule has 6 nitrogen and oxygen atoms in total. The van der Waals surface area contributed by atoms with Crippen molar-refractivity contribution in [1.82, 2.24) is 14.9 Å². The van der Waals surface area contributed by atoms with E-state index in [2.05, 4.69) is 15.3 Å². The Hall–Kier alpha value is -2.06. The maximum Gasteiger partial charge on any atom is 0.391 e. The first kappa shape index (κ1) is 15.3. The van der Waals surface area contributed by atoms with Gasteiger partial charge in [-0.05, 0) is 12.8 Å². The minimum Gasteiger partial charge on any atom is -0.481 e. The van der Waals surface area contributed by atoms with Crippen LogP contribution in [-0.4, -0.2) is 47.3 Å². The second-order valence-corrected chi connectivity index (χ2v) is 4.68. The van der Waals surface area contributed by atoms with Crippen LogP contribution in [0.1, 0.15) is 12.8 Å². The predicted octanol–water partition coefficient (Wildman–Crippen LogP) is 2.29. The summed E-state index contributed by atoms with van der Waals surface area (Å²) in [6.45, 7) is 0.135. The second kappa shape index (κ2) is 6.15. The van der Waals surface area contributed by atoms with Gasteiger partial charge >= 0.3 is 12.2 Å². The van der Waals surface area contributed by atoms with Gasteiger partial charge in [0.05, 0.1) is 13.0 Å². The topological polar surface area (TPSA) is 67.3 Å². The number of likely N-dealkylation sites (tertiary alicyclic amines) is 1. The van der Waals surface area contributed by atoms with Gasteiger partial charge in [0.1, 0.15) is 12.1 Å². The highest BCUT2D eigenvalue weighted by molar-refractivity contribution is 5.88. The maximum atomic E-state index is 12.5. The average molecular weight is 304 g/mol. The number of aromatic nitrogens is 2. The van der Waals surface area contributed by atoms with Crippen molar-refractivity contribution in [3.8, 4) is 5.88 Å². The van der Waals surface area contributed by atoms with Gasteiger partial charge in [0, 0.05) is 19.2 Å². The van der Waals surface area contributed by atoms with Crippen LogP contribution in [0.5, 0.6) is 5.88 Å². The predicted molar refractivity (Wildman–Crippen MR) is 68.0 cm³/mol. The molecule has 1 fully saturated rings. The van der Waals surface area contributed by atoms with E-state index in [0.29, 0.717) is 0 Å². The first-order valence-electron chi connectivity index (χ1n) is 6.39. The van der Waals surface area contributed by atoms with Gasteiger partial charge in [0.15, 0.2) is 0 Å². The van der Waals surface area contributed by atoms with E-state index in [1.165, 1.54) is 24.4 Å². The van der Waals surface area contributed by atoms with Crippen LogP contribution in [0.3, 0.4) is 0 Å². The molecule has 2 amide bonds. The Bertz CT molecular complexity index is 502. The van der Waals surface area contributed by atoms with Crippen LogP contribution in [0.15, 0.2) is 12.4 Å². The molecular formula is C12H15F3N4O2. The van der Waals surface area contributed by atoms with Crippen molar-refractivity contribution in [2.24, 2.45) is 5.92 Å². The lowest BCUT2D eigenvalue weighted by molar-refractivity contribution is -0.183. The second-order valence-electron chi connectivity index (χ2n) is 4.68. The van der Waals surface area contributed by atoms with E-state index in [-0.39, 0.29) is 37.6 Å². The van der Waals surface area contributed by atoms with E-state index in [9.17, 15) is 18.0 Å². The van der Waals surface area contributed by atoms with Gasteiger partial charge in [-0.25, -0.2) is 14.8 Å². The molecule has 1 N–H and O–H groups in total. The van der Waals surface area contributed by atoms with Crippen LogP contribution in [0.4, 0.5) is 23.8 Å². The number of methoxy groups -OCH3 is 1. The smallest absolute Gasteiger partial charge is 0.391 e. The third-order valence-corrected chi connectivity index (χ3v) is 3.33. The fourth-order valence-corrected chi connectivity index (χ4v) is 2.12. The highest BCUT2D eigenvalue weighted by Gasteiger charge is 2.41. The minimum atomic E-state index is -4.19. The zero-order valence-corrected chi connectivity index (χ0v) is 11.4. The maximum absolute atomic E-state index is 12.5. The van der Waals surface area contributed by atoms with Crippen LogP contribution in [0.25, 0.3) is 0 Å². The number of ether oxygens (including phenoxy) is 1. The number of urea groups is 1. The highest BCUT2D eigenvalue weighted by Crippen LogP contribution is 2.34. The number of anilines is 1. The van der Waals surface area contributed by atoms with Crippen LogP contribution < -0.4 is 10.1 Å². The summed E-state index contributed by atoms with van der Waals surface area (Å²) in [5.41, 5.74) is 0. The number of rotatable bonds is 2. The van der Waals surface area contributed by atoms with E-state index in [4.69, 9.17) is 4.74 Å². The van der Waals surface area contributed by atoms with Crippen molar-refractivity contribution >= 4 is 11.8 Å². The molecule has 1 aliphatic rings. The number of hydrogen-bond donors (Lipinski definition) is 1. The van der Waals surface area contributed by atoms with E-state index in [0.717, 1.165) is 0 Å². The van der Waals surface area contributed by atoms with Crippen LogP contribution in [0, 0.1) is 5.92 Å². The lowest BCUT2D eigenvalue weighted by atomic mass is 9.96. The van der Waals surface area contributed by atoms with E-state index < -0.39 is 18.1 Å². The summed E-state index contributed by atoms with van der Waals surface area (Å²) >= 11 is 0. The summed E-state index contributed by atoms with van der Waals surface area (Å²) in [6.07, 6.45) is -3.12. The number of nitrogens with one attached hydrogen (secondary N) is 1. The molecule has 0 aromatic carbocycles. The van der Waals surface area contributed by atoms with Gasteiger partial charge in [-0.1, -0.05) is 0 Å². The Labute approximate surface area is 119 Å². The fraction of sp³-hybridized carbons (Fsp3) is 0.583. The normalized spacial score (nSPS) is 16.7. The highest BCUT2D eigenvalue weighted by atomic mass is 19.4. The molecule has 0 radical (unpaired) electrons. The Morgan fingerprint density at radius 3 is 2.62 bits per heavy atom.